The maximum atomic E-state index is 12.4. The highest BCUT2D eigenvalue weighted by atomic mass is 32.2. The van der Waals surface area contributed by atoms with Crippen molar-refractivity contribution in [2.24, 2.45) is 0 Å². The summed E-state index contributed by atoms with van der Waals surface area (Å²) in [5, 5.41) is 14.2. The van der Waals surface area contributed by atoms with E-state index in [1.54, 1.807) is 11.3 Å². The smallest absolute Gasteiger partial charge is 0.234 e. The normalized spacial score (nSPS) is 11.1. The Morgan fingerprint density at radius 3 is 2.70 bits per heavy atom. The lowest BCUT2D eigenvalue weighted by atomic mass is 10.3. The summed E-state index contributed by atoms with van der Waals surface area (Å²) in [6, 6.07) is 11.5. The molecule has 0 bridgehead atoms. The first kappa shape index (κ1) is 22.3. The minimum Gasteiger partial charge on any atom is -0.494 e. The van der Waals surface area contributed by atoms with Gasteiger partial charge in [-0.3, -0.25) is 4.79 Å². The third-order valence-corrected chi connectivity index (χ3v) is 6.10. The van der Waals surface area contributed by atoms with Crippen molar-refractivity contribution in [3.05, 3.63) is 41.8 Å². The maximum absolute atomic E-state index is 12.4. The summed E-state index contributed by atoms with van der Waals surface area (Å²) < 4.78 is 7.75. The van der Waals surface area contributed by atoms with Crippen LogP contribution in [0.3, 0.4) is 0 Å². The van der Waals surface area contributed by atoms with Crippen molar-refractivity contribution in [2.75, 3.05) is 38.3 Å². The van der Waals surface area contributed by atoms with Crippen molar-refractivity contribution >= 4 is 34.7 Å². The highest BCUT2D eigenvalue weighted by Gasteiger charge is 2.15. The average molecular weight is 446 g/mol. The summed E-state index contributed by atoms with van der Waals surface area (Å²) in [6.45, 7) is 4.47. The van der Waals surface area contributed by atoms with Crippen LogP contribution in [0.4, 0.5) is 5.69 Å². The number of amides is 1. The molecule has 0 aliphatic rings. The van der Waals surface area contributed by atoms with Crippen molar-refractivity contribution in [1.82, 2.24) is 19.7 Å². The predicted molar refractivity (Wildman–Crippen MR) is 123 cm³/mol. The molecule has 1 aromatic carbocycles. The Balaban J connectivity index is 1.48. The first-order valence-corrected chi connectivity index (χ1v) is 11.7. The van der Waals surface area contributed by atoms with E-state index in [-0.39, 0.29) is 11.7 Å². The minimum atomic E-state index is -0.0806. The number of hydrogen-bond acceptors (Lipinski definition) is 7. The van der Waals surface area contributed by atoms with E-state index in [4.69, 9.17) is 4.74 Å². The number of thiophene rings is 1. The molecular weight excluding hydrogens is 418 g/mol. The Morgan fingerprint density at radius 1 is 1.23 bits per heavy atom. The number of hydrogen-bond donors (Lipinski definition) is 1. The van der Waals surface area contributed by atoms with E-state index in [9.17, 15) is 4.79 Å². The molecule has 160 valence electrons. The third-order valence-electron chi connectivity index (χ3n) is 4.26. The van der Waals surface area contributed by atoms with Crippen LogP contribution in [-0.4, -0.2) is 58.6 Å². The second-order valence-electron chi connectivity index (χ2n) is 6.89. The zero-order valence-electron chi connectivity index (χ0n) is 17.5. The van der Waals surface area contributed by atoms with Crippen molar-refractivity contribution in [3.8, 4) is 16.5 Å². The van der Waals surface area contributed by atoms with Gasteiger partial charge in [0, 0.05) is 18.8 Å². The lowest BCUT2D eigenvalue weighted by molar-refractivity contribution is -0.113. The molecule has 0 saturated carbocycles. The van der Waals surface area contributed by atoms with Gasteiger partial charge in [0.05, 0.1) is 17.2 Å². The number of thioether (sulfide) groups is 1. The average Bonchev–Trinajstić information content (AvgIpc) is 3.40. The van der Waals surface area contributed by atoms with Gasteiger partial charge in [0.25, 0.3) is 0 Å². The van der Waals surface area contributed by atoms with Gasteiger partial charge in [-0.15, -0.1) is 21.5 Å². The van der Waals surface area contributed by atoms with E-state index >= 15 is 0 Å². The van der Waals surface area contributed by atoms with Gasteiger partial charge < -0.3 is 19.5 Å². The summed E-state index contributed by atoms with van der Waals surface area (Å²) >= 11 is 3.02. The number of benzene rings is 1. The fourth-order valence-corrected chi connectivity index (χ4v) is 4.32. The van der Waals surface area contributed by atoms with Gasteiger partial charge in [-0.1, -0.05) is 17.8 Å². The number of rotatable bonds is 11. The van der Waals surface area contributed by atoms with Crippen LogP contribution in [0.25, 0.3) is 10.7 Å². The number of carbonyl (C=O) groups excluding carboxylic acids is 1. The zero-order valence-corrected chi connectivity index (χ0v) is 19.1. The zero-order chi connectivity index (χ0) is 21.3. The van der Waals surface area contributed by atoms with E-state index in [0.29, 0.717) is 6.61 Å². The number of carbonyl (C=O) groups is 1. The van der Waals surface area contributed by atoms with Crippen molar-refractivity contribution < 1.29 is 9.53 Å². The largest absolute Gasteiger partial charge is 0.494 e. The number of ether oxygens (including phenoxy) is 1. The Kier molecular flexibility index (Phi) is 8.30. The van der Waals surface area contributed by atoms with Gasteiger partial charge in [-0.25, -0.2) is 0 Å². The van der Waals surface area contributed by atoms with E-state index < -0.39 is 0 Å². The fraction of sp³-hybridized carbons (Fsp3) is 0.381. The lowest BCUT2D eigenvalue weighted by Crippen LogP contribution is -2.15. The number of nitrogens with one attached hydrogen (secondary N) is 1. The molecule has 3 rings (SSSR count). The van der Waals surface area contributed by atoms with Crippen LogP contribution in [0.15, 0.2) is 46.9 Å². The number of anilines is 1. The Hall–Kier alpha value is -2.36. The summed E-state index contributed by atoms with van der Waals surface area (Å²) in [7, 11) is 4.09. The minimum absolute atomic E-state index is 0.0806. The van der Waals surface area contributed by atoms with E-state index in [0.717, 1.165) is 46.8 Å². The summed E-state index contributed by atoms with van der Waals surface area (Å²) in [4.78, 5) is 15.6. The second kappa shape index (κ2) is 11.1. The monoisotopic (exact) mass is 445 g/mol. The van der Waals surface area contributed by atoms with Gasteiger partial charge in [0.1, 0.15) is 5.75 Å². The van der Waals surface area contributed by atoms with Gasteiger partial charge in [0.2, 0.25) is 5.91 Å². The molecule has 7 nitrogen and oxygen atoms in total. The molecule has 2 aromatic heterocycles. The Bertz CT molecular complexity index is 924. The topological polar surface area (TPSA) is 72.3 Å². The van der Waals surface area contributed by atoms with Crippen molar-refractivity contribution in [1.29, 1.82) is 0 Å². The highest BCUT2D eigenvalue weighted by Crippen LogP contribution is 2.27. The quantitative estimate of drug-likeness (QED) is 0.354. The Labute approximate surface area is 185 Å². The van der Waals surface area contributed by atoms with Gasteiger partial charge in [-0.05, 0) is 63.2 Å². The summed E-state index contributed by atoms with van der Waals surface area (Å²) in [5.41, 5.74) is 0.748. The van der Waals surface area contributed by atoms with Crippen molar-refractivity contribution in [2.45, 2.75) is 25.0 Å². The molecule has 0 unspecified atom stereocenters. The molecule has 0 saturated heterocycles. The molecule has 0 spiro atoms. The van der Waals surface area contributed by atoms with Gasteiger partial charge in [-0.2, -0.15) is 0 Å². The SMILES string of the molecule is CCn1c(SCC(=O)Nc2ccc(OCCCN(C)C)cc2)nnc1-c1cccs1. The van der Waals surface area contributed by atoms with Crippen LogP contribution >= 0.6 is 23.1 Å². The highest BCUT2D eigenvalue weighted by molar-refractivity contribution is 7.99. The number of nitrogens with zero attached hydrogens (tertiary/aromatic N) is 4. The van der Waals surface area contributed by atoms with Crippen LogP contribution in [0.2, 0.25) is 0 Å². The second-order valence-corrected chi connectivity index (χ2v) is 8.78. The molecule has 0 atom stereocenters. The fourth-order valence-electron chi connectivity index (χ4n) is 2.80. The predicted octanol–water partition coefficient (Wildman–Crippen LogP) is 4.09. The molecule has 1 N–H and O–H groups in total. The number of aromatic nitrogens is 3. The standard InChI is InChI=1S/C21H27N5O2S2/c1-4-26-20(18-7-5-14-29-18)23-24-21(26)30-15-19(27)22-16-8-10-17(11-9-16)28-13-6-12-25(2)3/h5,7-11,14H,4,6,12-13,15H2,1-3H3,(H,22,27). The molecule has 0 aliphatic heterocycles. The lowest BCUT2D eigenvalue weighted by Gasteiger charge is -2.11. The third kappa shape index (κ3) is 6.32. The first-order chi connectivity index (χ1) is 14.6. The maximum Gasteiger partial charge on any atom is 0.234 e. The summed E-state index contributed by atoms with van der Waals surface area (Å²) in [5.74, 6) is 1.84. The molecule has 9 heteroatoms. The van der Waals surface area contributed by atoms with Crippen LogP contribution in [0.1, 0.15) is 13.3 Å². The summed E-state index contributed by atoms with van der Waals surface area (Å²) in [6.07, 6.45) is 0.972. The van der Waals surface area contributed by atoms with Crippen LogP contribution in [-0.2, 0) is 11.3 Å². The Morgan fingerprint density at radius 2 is 2.03 bits per heavy atom. The molecule has 0 fully saturated rings. The van der Waals surface area contributed by atoms with E-state index in [1.165, 1.54) is 11.8 Å². The first-order valence-electron chi connectivity index (χ1n) is 9.84. The molecule has 2 heterocycles. The molecule has 0 aliphatic carbocycles. The van der Waals surface area contributed by atoms with E-state index in [1.807, 2.05) is 60.4 Å². The molecule has 30 heavy (non-hydrogen) atoms. The van der Waals surface area contributed by atoms with Crippen LogP contribution in [0, 0.1) is 0 Å². The van der Waals surface area contributed by atoms with E-state index in [2.05, 4.69) is 27.3 Å². The van der Waals surface area contributed by atoms with Gasteiger partial charge >= 0.3 is 0 Å². The van der Waals surface area contributed by atoms with Gasteiger partial charge in [0.15, 0.2) is 11.0 Å². The van der Waals surface area contributed by atoms with Crippen LogP contribution < -0.4 is 10.1 Å². The molecule has 1 amide bonds. The molecule has 0 radical (unpaired) electrons. The van der Waals surface area contributed by atoms with Crippen molar-refractivity contribution in [3.63, 3.8) is 0 Å². The molecular formula is C21H27N5O2S2. The van der Waals surface area contributed by atoms with Crippen LogP contribution in [0.5, 0.6) is 5.75 Å². The molecule has 3 aromatic rings.